The highest BCUT2D eigenvalue weighted by molar-refractivity contribution is 6.18. The van der Waals surface area contributed by atoms with Gasteiger partial charge in [0, 0.05) is 6.20 Å². The highest BCUT2D eigenvalue weighted by Gasteiger charge is 2.67. The average Bonchev–Trinajstić information content (AvgIpc) is 2.60. The topological polar surface area (TPSA) is 91.3 Å². The highest BCUT2D eigenvalue weighted by Crippen LogP contribution is 2.45. The third kappa shape index (κ3) is 2.08. The fraction of sp³-hybridized carbons (Fsp3) is 0.545. The van der Waals surface area contributed by atoms with Gasteiger partial charge in [-0.1, -0.05) is 6.58 Å². The van der Waals surface area contributed by atoms with Gasteiger partial charge in [-0.2, -0.15) is 8.78 Å². The van der Waals surface area contributed by atoms with Crippen LogP contribution in [0.3, 0.4) is 0 Å². The van der Waals surface area contributed by atoms with E-state index in [-0.39, 0.29) is 11.7 Å². The molecule has 0 unspecified atom stereocenters. The van der Waals surface area contributed by atoms with Crippen LogP contribution in [-0.4, -0.2) is 57.3 Å². The molecule has 0 saturated carbocycles. The van der Waals surface area contributed by atoms with Gasteiger partial charge in [-0.3, -0.25) is 0 Å². The van der Waals surface area contributed by atoms with Crippen LogP contribution in [0.5, 0.6) is 0 Å². The molecule has 2 aliphatic rings. The van der Waals surface area contributed by atoms with E-state index in [9.17, 15) is 19.0 Å². The molecule has 4 N–H and O–H groups in total. The van der Waals surface area contributed by atoms with Gasteiger partial charge in [-0.05, 0) is 6.08 Å². The number of nitrogens with two attached hydrogens (primary N) is 1. The standard InChI is InChI=1S/C11H14ClF2N3O3/c1-6-16-7(15)2-3-17(6)9-11(13,14)8(19)10(4-12,5-18)20-9/h2-3,8-9,18-19H,1,4-5H2,(H2,15,16)/t8-,9-,10-/m1/s1. The number of nitrogens with zero attached hydrogens (tertiary/aromatic N) is 2. The minimum Gasteiger partial charge on any atom is -0.393 e. The Morgan fingerprint density at radius 2 is 2.25 bits per heavy atom. The van der Waals surface area contributed by atoms with E-state index in [0.29, 0.717) is 0 Å². The van der Waals surface area contributed by atoms with Gasteiger partial charge in [0.1, 0.15) is 17.3 Å². The molecule has 2 heterocycles. The molecule has 1 fully saturated rings. The second kappa shape index (κ2) is 4.96. The first kappa shape index (κ1) is 15.2. The van der Waals surface area contributed by atoms with Crippen LogP contribution in [0.15, 0.2) is 29.7 Å². The Bertz CT molecular complexity index is 480. The zero-order chi connectivity index (χ0) is 15.1. The van der Waals surface area contributed by atoms with E-state index in [4.69, 9.17) is 22.1 Å². The lowest BCUT2D eigenvalue weighted by molar-refractivity contribution is -0.152. The van der Waals surface area contributed by atoms with E-state index in [0.717, 1.165) is 4.90 Å². The summed E-state index contributed by atoms with van der Waals surface area (Å²) < 4.78 is 33.5. The molecule has 1 saturated heterocycles. The first-order valence-corrected chi connectivity index (χ1v) is 6.22. The monoisotopic (exact) mass is 309 g/mol. The van der Waals surface area contributed by atoms with E-state index < -0.39 is 36.3 Å². The molecule has 0 spiro atoms. The molecule has 3 atom stereocenters. The van der Waals surface area contributed by atoms with Crippen molar-refractivity contribution in [2.75, 3.05) is 12.5 Å². The Morgan fingerprint density at radius 3 is 2.70 bits per heavy atom. The summed E-state index contributed by atoms with van der Waals surface area (Å²) in [6, 6.07) is 0. The molecule has 0 aromatic carbocycles. The summed E-state index contributed by atoms with van der Waals surface area (Å²) in [6.07, 6.45) is -1.63. The number of ether oxygens (including phenoxy) is 1. The Morgan fingerprint density at radius 1 is 1.60 bits per heavy atom. The molecule has 0 amide bonds. The Labute approximate surface area is 118 Å². The molecule has 0 aromatic heterocycles. The molecule has 6 nitrogen and oxygen atoms in total. The van der Waals surface area contributed by atoms with Crippen LogP contribution in [0.1, 0.15) is 0 Å². The molecule has 20 heavy (non-hydrogen) atoms. The fourth-order valence-electron chi connectivity index (χ4n) is 2.06. The van der Waals surface area contributed by atoms with Gasteiger partial charge < -0.3 is 25.6 Å². The van der Waals surface area contributed by atoms with Crippen molar-refractivity contribution < 1.29 is 23.7 Å². The van der Waals surface area contributed by atoms with Gasteiger partial charge in [0.05, 0.1) is 12.5 Å². The fourth-order valence-corrected chi connectivity index (χ4v) is 2.36. The quantitative estimate of drug-likeness (QED) is 0.637. The summed E-state index contributed by atoms with van der Waals surface area (Å²) in [7, 11) is 0. The van der Waals surface area contributed by atoms with Crippen LogP contribution < -0.4 is 5.73 Å². The normalized spacial score (nSPS) is 36.4. The maximum Gasteiger partial charge on any atom is 0.320 e. The van der Waals surface area contributed by atoms with E-state index in [1.54, 1.807) is 0 Å². The van der Waals surface area contributed by atoms with E-state index in [1.165, 1.54) is 12.3 Å². The Hall–Kier alpha value is -1.22. The number of alkyl halides is 3. The maximum absolute atomic E-state index is 14.2. The van der Waals surface area contributed by atoms with Crippen LogP contribution >= 0.6 is 11.6 Å². The van der Waals surface area contributed by atoms with Crippen LogP contribution in [0.4, 0.5) is 8.78 Å². The number of hydrogen-bond donors (Lipinski definition) is 3. The zero-order valence-electron chi connectivity index (χ0n) is 10.3. The Kier molecular flexibility index (Phi) is 3.76. The zero-order valence-corrected chi connectivity index (χ0v) is 11.1. The molecular formula is C11H14ClF2N3O3. The largest absolute Gasteiger partial charge is 0.393 e. The summed E-state index contributed by atoms with van der Waals surface area (Å²) in [5, 5.41) is 19.0. The van der Waals surface area contributed by atoms with Crippen molar-refractivity contribution in [1.29, 1.82) is 0 Å². The highest BCUT2D eigenvalue weighted by atomic mass is 35.5. The van der Waals surface area contributed by atoms with E-state index >= 15 is 0 Å². The van der Waals surface area contributed by atoms with Crippen LogP contribution in [0.2, 0.25) is 0 Å². The first-order chi connectivity index (χ1) is 9.28. The van der Waals surface area contributed by atoms with Gasteiger partial charge in [0.25, 0.3) is 0 Å². The molecule has 112 valence electrons. The van der Waals surface area contributed by atoms with Crippen molar-refractivity contribution in [3.63, 3.8) is 0 Å². The summed E-state index contributed by atoms with van der Waals surface area (Å²) in [5.74, 6) is -4.12. The van der Waals surface area contributed by atoms with E-state index in [2.05, 4.69) is 11.6 Å². The molecule has 9 heteroatoms. The van der Waals surface area contributed by atoms with Gasteiger partial charge in [0.15, 0.2) is 6.10 Å². The third-order valence-corrected chi connectivity index (χ3v) is 3.70. The summed E-state index contributed by atoms with van der Waals surface area (Å²) in [4.78, 5) is 4.68. The number of aliphatic imine (C=N–C) groups is 1. The first-order valence-electron chi connectivity index (χ1n) is 5.68. The summed E-state index contributed by atoms with van der Waals surface area (Å²) in [5.41, 5.74) is 3.48. The lowest BCUT2D eigenvalue weighted by Crippen LogP contribution is -2.51. The molecule has 2 aliphatic heterocycles. The molecule has 0 aromatic rings. The van der Waals surface area contributed by atoms with Crippen molar-refractivity contribution in [2.45, 2.75) is 23.9 Å². The van der Waals surface area contributed by atoms with Crippen LogP contribution in [0, 0.1) is 0 Å². The SMILES string of the molecule is C=C1N=C(N)C=CN1[C@@H]1O[C@@](CO)(CCl)[C@@H](O)C1(F)F. The van der Waals surface area contributed by atoms with Crippen molar-refractivity contribution in [3.8, 4) is 0 Å². The van der Waals surface area contributed by atoms with Gasteiger partial charge in [-0.15, -0.1) is 11.6 Å². The molecular weight excluding hydrogens is 296 g/mol. The number of rotatable bonds is 3. The smallest absolute Gasteiger partial charge is 0.320 e. The summed E-state index contributed by atoms with van der Waals surface area (Å²) in [6.45, 7) is 2.65. The number of hydrogen-bond acceptors (Lipinski definition) is 6. The van der Waals surface area contributed by atoms with Crippen LogP contribution in [-0.2, 0) is 4.74 Å². The molecule has 0 radical (unpaired) electrons. The van der Waals surface area contributed by atoms with E-state index in [1.807, 2.05) is 0 Å². The van der Waals surface area contributed by atoms with Crippen molar-refractivity contribution in [2.24, 2.45) is 10.7 Å². The molecule has 0 bridgehead atoms. The predicted octanol–water partition coefficient (Wildman–Crippen LogP) is -0.0335. The van der Waals surface area contributed by atoms with Gasteiger partial charge in [-0.25, -0.2) is 4.99 Å². The third-order valence-electron chi connectivity index (χ3n) is 3.25. The maximum atomic E-state index is 14.2. The summed E-state index contributed by atoms with van der Waals surface area (Å²) >= 11 is 5.57. The minimum atomic E-state index is -3.67. The van der Waals surface area contributed by atoms with Gasteiger partial charge in [0.2, 0.25) is 6.23 Å². The lowest BCUT2D eigenvalue weighted by atomic mass is 9.97. The number of halogens is 3. The Balaban J connectivity index is 2.34. The van der Waals surface area contributed by atoms with Crippen LogP contribution in [0.25, 0.3) is 0 Å². The van der Waals surface area contributed by atoms with Crippen molar-refractivity contribution >= 4 is 17.4 Å². The number of aliphatic hydroxyl groups excluding tert-OH is 2. The van der Waals surface area contributed by atoms with Gasteiger partial charge >= 0.3 is 5.92 Å². The predicted molar refractivity (Wildman–Crippen MR) is 68.1 cm³/mol. The van der Waals surface area contributed by atoms with Crippen molar-refractivity contribution in [1.82, 2.24) is 4.90 Å². The average molecular weight is 310 g/mol. The second-order valence-electron chi connectivity index (χ2n) is 4.58. The van der Waals surface area contributed by atoms with Crippen molar-refractivity contribution in [3.05, 3.63) is 24.7 Å². The number of aliphatic hydroxyl groups is 2. The number of amidine groups is 1. The lowest BCUT2D eigenvalue weighted by Gasteiger charge is -2.32. The molecule has 2 rings (SSSR count). The second-order valence-corrected chi connectivity index (χ2v) is 4.85. The molecule has 0 aliphatic carbocycles. The minimum absolute atomic E-state index is 0.0646.